The van der Waals surface area contributed by atoms with Crippen LogP contribution in [0, 0.1) is 0 Å². The number of hydrogen-bond donors (Lipinski definition) is 1. The lowest BCUT2D eigenvalue weighted by Gasteiger charge is -2.21. The highest BCUT2D eigenvalue weighted by Gasteiger charge is 2.27. The summed E-state index contributed by atoms with van der Waals surface area (Å²) in [6, 6.07) is 20.0. The summed E-state index contributed by atoms with van der Waals surface area (Å²) in [5.74, 6) is -0.488. The number of rotatable bonds is 5. The van der Waals surface area contributed by atoms with Crippen molar-refractivity contribution in [1.29, 1.82) is 0 Å². The number of methoxy groups -OCH3 is 1. The number of benzene rings is 2. The van der Waals surface area contributed by atoms with Gasteiger partial charge in [-0.1, -0.05) is 36.4 Å². The number of nitrogens with zero attached hydrogens (tertiary/aromatic N) is 2. The van der Waals surface area contributed by atoms with Crippen molar-refractivity contribution in [3.63, 3.8) is 0 Å². The lowest BCUT2D eigenvalue weighted by molar-refractivity contribution is 0.0546. The Morgan fingerprint density at radius 2 is 1.74 bits per heavy atom. The maximum absolute atomic E-state index is 13.5. The molecular weight excluding hydrogens is 432 g/mol. The number of ether oxygens (including phenoxy) is 2. The first kappa shape index (κ1) is 23.0. The molecule has 0 saturated heterocycles. The van der Waals surface area contributed by atoms with Gasteiger partial charge in [0.1, 0.15) is 17.0 Å². The summed E-state index contributed by atoms with van der Waals surface area (Å²) in [4.78, 5) is 29.3. The van der Waals surface area contributed by atoms with E-state index >= 15 is 0 Å². The van der Waals surface area contributed by atoms with E-state index in [4.69, 9.17) is 9.47 Å². The summed E-state index contributed by atoms with van der Waals surface area (Å²) in [6.07, 6.45) is -0.188. The zero-order valence-electron chi connectivity index (χ0n) is 19.5. The SMILES string of the molecule is COc1ccc2c(Cc3cccc(C(=O)O)n3)c(-c3ccccc3)n(C(=O)OC(C)(C)C)c2c1. The van der Waals surface area contributed by atoms with Crippen LogP contribution < -0.4 is 4.74 Å². The van der Waals surface area contributed by atoms with Crippen LogP contribution in [0.25, 0.3) is 22.2 Å². The molecule has 174 valence electrons. The number of hydrogen-bond acceptors (Lipinski definition) is 5. The van der Waals surface area contributed by atoms with Crippen molar-refractivity contribution < 1.29 is 24.2 Å². The summed E-state index contributed by atoms with van der Waals surface area (Å²) < 4.78 is 12.8. The molecule has 0 amide bonds. The molecule has 7 heteroatoms. The van der Waals surface area contributed by atoms with Crippen molar-refractivity contribution in [2.45, 2.75) is 32.8 Å². The molecule has 0 aliphatic carbocycles. The fraction of sp³-hybridized carbons (Fsp3) is 0.222. The van der Waals surface area contributed by atoms with E-state index < -0.39 is 17.7 Å². The van der Waals surface area contributed by atoms with Crippen LogP contribution in [0.3, 0.4) is 0 Å². The first-order chi connectivity index (χ1) is 16.2. The minimum Gasteiger partial charge on any atom is -0.497 e. The fourth-order valence-corrected chi connectivity index (χ4v) is 3.92. The molecule has 4 rings (SSSR count). The van der Waals surface area contributed by atoms with Crippen LogP contribution >= 0.6 is 0 Å². The molecule has 0 spiro atoms. The van der Waals surface area contributed by atoms with Gasteiger partial charge in [-0.25, -0.2) is 19.1 Å². The van der Waals surface area contributed by atoms with Crippen LogP contribution in [0.4, 0.5) is 4.79 Å². The van der Waals surface area contributed by atoms with Crippen molar-refractivity contribution in [2.24, 2.45) is 0 Å². The Labute approximate surface area is 197 Å². The van der Waals surface area contributed by atoms with Gasteiger partial charge < -0.3 is 14.6 Å². The van der Waals surface area contributed by atoms with Gasteiger partial charge in [0.05, 0.1) is 18.3 Å². The number of carbonyl (C=O) groups is 2. The number of carboxylic acid groups (broad SMARTS) is 1. The maximum Gasteiger partial charge on any atom is 0.419 e. The molecule has 34 heavy (non-hydrogen) atoms. The van der Waals surface area contributed by atoms with Gasteiger partial charge in [0, 0.05) is 23.6 Å². The van der Waals surface area contributed by atoms with Gasteiger partial charge in [-0.3, -0.25) is 0 Å². The summed E-state index contributed by atoms with van der Waals surface area (Å²) in [6.45, 7) is 5.46. The van der Waals surface area contributed by atoms with Crippen LogP contribution in [0.2, 0.25) is 0 Å². The fourth-order valence-electron chi connectivity index (χ4n) is 3.92. The zero-order valence-corrected chi connectivity index (χ0v) is 19.5. The highest BCUT2D eigenvalue weighted by molar-refractivity contribution is 6.00. The minimum absolute atomic E-state index is 0.0312. The molecule has 0 aliphatic heterocycles. The number of aromatic nitrogens is 2. The predicted molar refractivity (Wildman–Crippen MR) is 130 cm³/mol. The van der Waals surface area contributed by atoms with E-state index in [2.05, 4.69) is 4.98 Å². The van der Waals surface area contributed by atoms with Crippen LogP contribution in [0.5, 0.6) is 5.75 Å². The number of carboxylic acids is 1. The molecule has 2 aromatic carbocycles. The molecule has 0 atom stereocenters. The monoisotopic (exact) mass is 458 g/mol. The Hall–Kier alpha value is -4.13. The molecule has 0 saturated carbocycles. The quantitative estimate of drug-likeness (QED) is 0.407. The zero-order chi connectivity index (χ0) is 24.5. The largest absolute Gasteiger partial charge is 0.497 e. The number of carbonyl (C=O) groups excluding carboxylic acids is 1. The molecule has 0 bridgehead atoms. The van der Waals surface area contributed by atoms with E-state index in [1.165, 1.54) is 6.07 Å². The van der Waals surface area contributed by atoms with E-state index in [1.807, 2.05) is 63.2 Å². The molecule has 1 N–H and O–H groups in total. The molecule has 7 nitrogen and oxygen atoms in total. The highest BCUT2D eigenvalue weighted by Crippen LogP contribution is 2.37. The third-order valence-corrected chi connectivity index (χ3v) is 5.29. The number of pyridine rings is 1. The van der Waals surface area contributed by atoms with Crippen molar-refractivity contribution in [2.75, 3.05) is 7.11 Å². The van der Waals surface area contributed by atoms with Gasteiger partial charge in [0.15, 0.2) is 0 Å². The molecule has 4 aromatic rings. The first-order valence-electron chi connectivity index (χ1n) is 10.9. The summed E-state index contributed by atoms with van der Waals surface area (Å²) in [5.41, 5.74) is 2.82. The number of aromatic carboxylic acids is 1. The normalized spacial score (nSPS) is 11.4. The number of fused-ring (bicyclic) bond motifs is 1. The Morgan fingerprint density at radius 3 is 2.38 bits per heavy atom. The van der Waals surface area contributed by atoms with Crippen molar-refractivity contribution >= 4 is 23.0 Å². The molecule has 0 unspecified atom stereocenters. The Bertz CT molecular complexity index is 1370. The average molecular weight is 459 g/mol. The molecular formula is C27H26N2O5. The van der Waals surface area contributed by atoms with E-state index in [0.717, 1.165) is 16.5 Å². The van der Waals surface area contributed by atoms with Gasteiger partial charge in [0.25, 0.3) is 0 Å². The molecule has 0 aliphatic rings. The lowest BCUT2D eigenvalue weighted by Crippen LogP contribution is -2.27. The second-order valence-corrected chi connectivity index (χ2v) is 8.89. The average Bonchev–Trinajstić information content (AvgIpc) is 3.12. The lowest BCUT2D eigenvalue weighted by atomic mass is 10.0. The van der Waals surface area contributed by atoms with Crippen molar-refractivity contribution in [3.8, 4) is 17.0 Å². The van der Waals surface area contributed by atoms with E-state index in [0.29, 0.717) is 29.1 Å². The Balaban J connectivity index is 2.01. The van der Waals surface area contributed by atoms with Crippen LogP contribution in [-0.2, 0) is 11.2 Å². The predicted octanol–water partition coefficient (Wildman–Crippen LogP) is 5.78. The topological polar surface area (TPSA) is 90.6 Å². The van der Waals surface area contributed by atoms with Gasteiger partial charge in [-0.05, 0) is 56.2 Å². The molecule has 2 aromatic heterocycles. The van der Waals surface area contributed by atoms with Gasteiger partial charge in [-0.15, -0.1) is 0 Å². The highest BCUT2D eigenvalue weighted by atomic mass is 16.6. The third-order valence-electron chi connectivity index (χ3n) is 5.29. The summed E-state index contributed by atoms with van der Waals surface area (Å²) in [7, 11) is 1.57. The van der Waals surface area contributed by atoms with Gasteiger partial charge in [0.2, 0.25) is 0 Å². The van der Waals surface area contributed by atoms with Crippen molar-refractivity contribution in [3.05, 3.63) is 83.7 Å². The summed E-state index contributed by atoms with van der Waals surface area (Å²) in [5, 5.41) is 10.2. The standard InChI is InChI=1S/C27H26N2O5/c1-27(2,3)34-26(32)29-23-16-19(33-4)13-14-20(23)21(24(29)17-9-6-5-7-10-17)15-18-11-8-12-22(28-18)25(30)31/h5-14,16H,15H2,1-4H3,(H,30,31). The smallest absolute Gasteiger partial charge is 0.419 e. The van der Waals surface area contributed by atoms with Crippen LogP contribution in [-0.4, -0.2) is 39.4 Å². The Kier molecular flexibility index (Phi) is 6.11. The molecule has 0 radical (unpaired) electrons. The molecule has 0 fully saturated rings. The first-order valence-corrected chi connectivity index (χ1v) is 10.9. The van der Waals surface area contributed by atoms with Gasteiger partial charge >= 0.3 is 12.1 Å². The third kappa shape index (κ3) is 4.64. The maximum atomic E-state index is 13.5. The van der Waals surface area contributed by atoms with E-state index in [1.54, 1.807) is 29.9 Å². The second kappa shape index (κ2) is 9.02. The van der Waals surface area contributed by atoms with Gasteiger partial charge in [-0.2, -0.15) is 0 Å². The van der Waals surface area contributed by atoms with Crippen LogP contribution in [0.1, 0.15) is 42.5 Å². The summed E-state index contributed by atoms with van der Waals surface area (Å²) >= 11 is 0. The van der Waals surface area contributed by atoms with Crippen molar-refractivity contribution in [1.82, 2.24) is 9.55 Å². The van der Waals surface area contributed by atoms with E-state index in [9.17, 15) is 14.7 Å². The Morgan fingerprint density at radius 1 is 1.00 bits per heavy atom. The molecule has 2 heterocycles. The second-order valence-electron chi connectivity index (χ2n) is 8.89. The minimum atomic E-state index is -1.09. The van der Waals surface area contributed by atoms with Crippen LogP contribution in [0.15, 0.2) is 66.7 Å². The van der Waals surface area contributed by atoms with E-state index in [-0.39, 0.29) is 5.69 Å².